The molecule has 0 amide bonds. The Labute approximate surface area is 106 Å². The number of hydrogen-bond acceptors (Lipinski definition) is 3. The van der Waals surface area contributed by atoms with Gasteiger partial charge < -0.3 is 10.4 Å². The number of hydrogen-bond donors (Lipinski definition) is 2. The van der Waals surface area contributed by atoms with Crippen molar-refractivity contribution >= 4 is 0 Å². The average molecular weight is 240 g/mol. The van der Waals surface area contributed by atoms with Crippen LogP contribution >= 0.6 is 0 Å². The fourth-order valence-corrected chi connectivity index (χ4v) is 3.40. The van der Waals surface area contributed by atoms with Gasteiger partial charge in [-0.15, -0.1) is 0 Å². The minimum Gasteiger partial charge on any atom is -0.393 e. The molecule has 2 aliphatic rings. The van der Waals surface area contributed by atoms with E-state index in [2.05, 4.69) is 31.0 Å². The Balaban J connectivity index is 1.79. The smallest absolute Gasteiger partial charge is 0.0570 e. The van der Waals surface area contributed by atoms with Crippen molar-refractivity contribution in [3.8, 4) is 0 Å². The summed E-state index contributed by atoms with van der Waals surface area (Å²) in [6.07, 6.45) is 4.56. The lowest BCUT2D eigenvalue weighted by Crippen LogP contribution is -2.47. The second kappa shape index (κ2) is 5.68. The van der Waals surface area contributed by atoms with Gasteiger partial charge in [-0.05, 0) is 38.1 Å². The summed E-state index contributed by atoms with van der Waals surface area (Å²) in [4.78, 5) is 2.67. The lowest BCUT2D eigenvalue weighted by atomic mass is 9.98. The third-order valence-corrected chi connectivity index (χ3v) is 4.26. The van der Waals surface area contributed by atoms with E-state index in [1.54, 1.807) is 0 Å². The number of nitrogens with one attached hydrogen (secondary N) is 1. The molecule has 2 fully saturated rings. The van der Waals surface area contributed by atoms with E-state index in [1.807, 2.05) is 0 Å². The first-order chi connectivity index (χ1) is 8.06. The van der Waals surface area contributed by atoms with Crippen LogP contribution in [0.2, 0.25) is 0 Å². The van der Waals surface area contributed by atoms with Crippen molar-refractivity contribution < 1.29 is 5.11 Å². The molecule has 0 aliphatic carbocycles. The molecule has 3 unspecified atom stereocenters. The molecule has 2 rings (SSSR count). The summed E-state index contributed by atoms with van der Waals surface area (Å²) in [7, 11) is 0. The van der Waals surface area contributed by atoms with Crippen molar-refractivity contribution in [1.82, 2.24) is 10.2 Å². The summed E-state index contributed by atoms with van der Waals surface area (Å²) in [5.41, 5.74) is 0. The highest BCUT2D eigenvalue weighted by Crippen LogP contribution is 2.35. The second-order valence-corrected chi connectivity index (χ2v) is 6.38. The molecule has 17 heavy (non-hydrogen) atoms. The van der Waals surface area contributed by atoms with Gasteiger partial charge in [0.25, 0.3) is 0 Å². The van der Waals surface area contributed by atoms with Crippen molar-refractivity contribution in [2.24, 2.45) is 5.92 Å². The quantitative estimate of drug-likeness (QED) is 0.766. The molecular formula is C14H28N2O. The first-order valence-electron chi connectivity index (χ1n) is 7.23. The van der Waals surface area contributed by atoms with E-state index in [-0.39, 0.29) is 6.10 Å². The van der Waals surface area contributed by atoms with E-state index < -0.39 is 0 Å². The Bertz CT molecular complexity index is 230. The summed E-state index contributed by atoms with van der Waals surface area (Å²) in [6.45, 7) is 9.04. The molecule has 3 atom stereocenters. The molecule has 2 aliphatic heterocycles. The number of fused-ring (bicyclic) bond motifs is 2. The average Bonchev–Trinajstić information content (AvgIpc) is 2.49. The molecule has 0 aromatic rings. The Morgan fingerprint density at radius 3 is 2.29 bits per heavy atom. The molecule has 0 radical (unpaired) electrons. The lowest BCUT2D eigenvalue weighted by molar-refractivity contribution is 0.0281. The van der Waals surface area contributed by atoms with E-state index >= 15 is 0 Å². The van der Waals surface area contributed by atoms with Crippen molar-refractivity contribution in [1.29, 1.82) is 0 Å². The number of piperidine rings is 1. The van der Waals surface area contributed by atoms with Gasteiger partial charge in [-0.3, -0.25) is 4.90 Å². The van der Waals surface area contributed by atoms with Gasteiger partial charge in [-0.25, -0.2) is 0 Å². The number of aliphatic hydroxyl groups is 1. The van der Waals surface area contributed by atoms with Crippen LogP contribution in [0.25, 0.3) is 0 Å². The van der Waals surface area contributed by atoms with Crippen LogP contribution in [0.5, 0.6) is 0 Å². The lowest BCUT2D eigenvalue weighted by Gasteiger charge is -2.38. The molecule has 2 N–H and O–H groups in total. The summed E-state index contributed by atoms with van der Waals surface area (Å²) in [6, 6.07) is 1.90. The molecular weight excluding hydrogens is 212 g/mol. The predicted octanol–water partition coefficient (Wildman–Crippen LogP) is 1.61. The maximum atomic E-state index is 9.78. The third kappa shape index (κ3) is 3.43. The van der Waals surface area contributed by atoms with Crippen LogP contribution in [0.15, 0.2) is 0 Å². The molecule has 100 valence electrons. The fourth-order valence-electron chi connectivity index (χ4n) is 3.40. The molecule has 2 saturated heterocycles. The van der Waals surface area contributed by atoms with Gasteiger partial charge in [0, 0.05) is 24.7 Å². The predicted molar refractivity (Wildman–Crippen MR) is 71.1 cm³/mol. The van der Waals surface area contributed by atoms with Crippen molar-refractivity contribution in [2.45, 2.75) is 70.7 Å². The Morgan fingerprint density at radius 1 is 1.18 bits per heavy atom. The number of rotatable bonds is 5. The van der Waals surface area contributed by atoms with Gasteiger partial charge in [0.1, 0.15) is 0 Å². The Kier molecular flexibility index (Phi) is 4.45. The van der Waals surface area contributed by atoms with Gasteiger partial charge in [-0.1, -0.05) is 20.8 Å². The minimum absolute atomic E-state index is 0.0344. The topological polar surface area (TPSA) is 35.5 Å². The molecule has 0 saturated carbocycles. The van der Waals surface area contributed by atoms with Gasteiger partial charge >= 0.3 is 0 Å². The van der Waals surface area contributed by atoms with Crippen LogP contribution in [0.4, 0.5) is 0 Å². The van der Waals surface area contributed by atoms with Crippen molar-refractivity contribution in [3.63, 3.8) is 0 Å². The van der Waals surface area contributed by atoms with Crippen LogP contribution in [0.1, 0.15) is 46.5 Å². The molecule has 2 heterocycles. The van der Waals surface area contributed by atoms with Gasteiger partial charge in [0.15, 0.2) is 0 Å². The van der Waals surface area contributed by atoms with Crippen LogP contribution in [0.3, 0.4) is 0 Å². The minimum atomic E-state index is -0.0344. The fraction of sp³-hybridized carbons (Fsp3) is 1.00. The zero-order valence-corrected chi connectivity index (χ0v) is 11.5. The highest BCUT2D eigenvalue weighted by Gasteiger charge is 2.40. The van der Waals surface area contributed by atoms with Gasteiger partial charge in [0.05, 0.1) is 6.10 Å². The molecule has 3 heteroatoms. The van der Waals surface area contributed by atoms with Crippen LogP contribution in [-0.2, 0) is 0 Å². The molecule has 0 aromatic carbocycles. The van der Waals surface area contributed by atoms with E-state index in [4.69, 9.17) is 0 Å². The van der Waals surface area contributed by atoms with Crippen LogP contribution in [-0.4, -0.2) is 47.3 Å². The van der Waals surface area contributed by atoms with E-state index in [1.165, 1.54) is 19.4 Å². The van der Waals surface area contributed by atoms with Crippen molar-refractivity contribution in [3.05, 3.63) is 0 Å². The SMILES string of the molecule is CC(CNC(C)C)CN1C2CCC1CC(O)C2. The molecule has 0 spiro atoms. The zero-order valence-electron chi connectivity index (χ0n) is 11.5. The number of aliphatic hydroxyl groups excluding tert-OH is 1. The summed E-state index contributed by atoms with van der Waals surface area (Å²) in [5, 5.41) is 13.3. The summed E-state index contributed by atoms with van der Waals surface area (Å²) in [5.74, 6) is 0.704. The highest BCUT2D eigenvalue weighted by molar-refractivity contribution is 4.95. The maximum absolute atomic E-state index is 9.78. The maximum Gasteiger partial charge on any atom is 0.0570 e. The normalized spacial score (nSPS) is 35.5. The Hall–Kier alpha value is -0.120. The monoisotopic (exact) mass is 240 g/mol. The summed E-state index contributed by atoms with van der Waals surface area (Å²) < 4.78 is 0. The van der Waals surface area contributed by atoms with E-state index in [0.29, 0.717) is 24.0 Å². The van der Waals surface area contributed by atoms with Gasteiger partial charge in [0.2, 0.25) is 0 Å². The van der Waals surface area contributed by atoms with Crippen LogP contribution in [0, 0.1) is 5.92 Å². The molecule has 2 bridgehead atoms. The zero-order chi connectivity index (χ0) is 12.4. The van der Waals surface area contributed by atoms with Crippen LogP contribution < -0.4 is 5.32 Å². The van der Waals surface area contributed by atoms with Gasteiger partial charge in [-0.2, -0.15) is 0 Å². The van der Waals surface area contributed by atoms with E-state index in [0.717, 1.165) is 19.4 Å². The van der Waals surface area contributed by atoms with Crippen molar-refractivity contribution in [2.75, 3.05) is 13.1 Å². The Morgan fingerprint density at radius 2 is 1.76 bits per heavy atom. The molecule has 3 nitrogen and oxygen atoms in total. The second-order valence-electron chi connectivity index (χ2n) is 6.38. The highest BCUT2D eigenvalue weighted by atomic mass is 16.3. The summed E-state index contributed by atoms with van der Waals surface area (Å²) >= 11 is 0. The molecule has 0 aromatic heterocycles. The van der Waals surface area contributed by atoms with E-state index in [9.17, 15) is 5.11 Å². The third-order valence-electron chi connectivity index (χ3n) is 4.26. The first-order valence-corrected chi connectivity index (χ1v) is 7.23. The number of nitrogens with zero attached hydrogens (tertiary/aromatic N) is 1. The standard InChI is InChI=1S/C14H28N2O/c1-10(2)15-8-11(3)9-16-12-4-5-13(16)7-14(17)6-12/h10-15,17H,4-9H2,1-3H3. The first kappa shape index (κ1) is 13.3. The largest absolute Gasteiger partial charge is 0.393 e.